The fraction of sp³-hybridized carbons (Fsp3) is 0.391. The van der Waals surface area contributed by atoms with Gasteiger partial charge in [-0.05, 0) is 43.5 Å². The van der Waals surface area contributed by atoms with Crippen LogP contribution in [0.1, 0.15) is 25.0 Å². The molecule has 0 saturated heterocycles. The predicted octanol–water partition coefficient (Wildman–Crippen LogP) is 2.56. The van der Waals surface area contributed by atoms with Gasteiger partial charge in [-0.2, -0.15) is 0 Å². The molecule has 0 spiro atoms. The molecule has 0 aromatic heterocycles. The second-order valence-electron chi connectivity index (χ2n) is 6.95. The monoisotopic (exact) mass is 410 g/mol. The number of nitrogens with one attached hydrogen (secondary N) is 2. The lowest BCUT2D eigenvalue weighted by Crippen LogP contribution is -2.40. The summed E-state index contributed by atoms with van der Waals surface area (Å²) in [6.07, 6.45) is 0.810. The van der Waals surface area contributed by atoms with Crippen molar-refractivity contribution in [3.63, 3.8) is 0 Å². The number of nitrogens with zero attached hydrogens (tertiary/aromatic N) is 2. The third-order valence-electron chi connectivity index (χ3n) is 4.81. The van der Waals surface area contributed by atoms with Crippen LogP contribution in [0, 0.1) is 0 Å². The fourth-order valence-corrected chi connectivity index (χ4v) is 3.19. The summed E-state index contributed by atoms with van der Waals surface area (Å²) in [5.41, 5.74) is 2.27. The predicted molar refractivity (Wildman–Crippen MR) is 118 cm³/mol. The lowest BCUT2D eigenvalue weighted by Gasteiger charge is -2.20. The van der Waals surface area contributed by atoms with E-state index in [9.17, 15) is 4.79 Å². The summed E-state index contributed by atoms with van der Waals surface area (Å²) in [6.45, 7) is 7.05. The molecule has 7 nitrogen and oxygen atoms in total. The Balaban J connectivity index is 1.50. The van der Waals surface area contributed by atoms with Crippen molar-refractivity contribution in [3.8, 4) is 11.5 Å². The highest BCUT2D eigenvalue weighted by Crippen LogP contribution is 2.32. The summed E-state index contributed by atoms with van der Waals surface area (Å²) in [5.74, 6) is 2.23. The molecule has 0 bridgehead atoms. The van der Waals surface area contributed by atoms with Crippen LogP contribution in [0.5, 0.6) is 11.5 Å². The van der Waals surface area contributed by atoms with Crippen molar-refractivity contribution >= 4 is 11.9 Å². The van der Waals surface area contributed by atoms with Crippen LogP contribution in [0.3, 0.4) is 0 Å². The Bertz CT molecular complexity index is 855. The number of aliphatic imine (C=N–C) groups is 1. The molecule has 0 atom stereocenters. The van der Waals surface area contributed by atoms with Gasteiger partial charge in [-0.25, -0.2) is 4.99 Å². The van der Waals surface area contributed by atoms with Crippen LogP contribution in [0.15, 0.2) is 53.5 Å². The molecule has 0 aliphatic carbocycles. The zero-order valence-electron chi connectivity index (χ0n) is 17.7. The number of likely N-dealkylation sites (N-methyl/N-ethyl adjacent to an activating group) is 1. The van der Waals surface area contributed by atoms with E-state index in [1.54, 1.807) is 0 Å². The van der Waals surface area contributed by atoms with E-state index in [1.807, 2.05) is 67.3 Å². The highest BCUT2D eigenvalue weighted by Gasteiger charge is 2.14. The Kier molecular flexibility index (Phi) is 7.94. The van der Waals surface area contributed by atoms with Crippen LogP contribution >= 0.6 is 0 Å². The number of amides is 1. The van der Waals surface area contributed by atoms with Crippen molar-refractivity contribution in [2.24, 2.45) is 4.99 Å². The molecule has 2 aromatic rings. The summed E-state index contributed by atoms with van der Waals surface area (Å²) in [7, 11) is 0. The number of ether oxygens (including phenoxy) is 2. The van der Waals surface area contributed by atoms with Gasteiger partial charge in [0.2, 0.25) is 12.7 Å². The van der Waals surface area contributed by atoms with Gasteiger partial charge in [0.05, 0.1) is 0 Å². The topological polar surface area (TPSA) is 75.2 Å². The van der Waals surface area contributed by atoms with Crippen molar-refractivity contribution in [2.75, 3.05) is 33.0 Å². The molecule has 1 amide bonds. The average molecular weight is 411 g/mol. The number of carbonyl (C=O) groups is 1. The van der Waals surface area contributed by atoms with Gasteiger partial charge in [0, 0.05) is 26.2 Å². The number of benzene rings is 2. The van der Waals surface area contributed by atoms with Crippen LogP contribution in [0.4, 0.5) is 0 Å². The summed E-state index contributed by atoms with van der Waals surface area (Å²) in [5, 5.41) is 6.49. The van der Waals surface area contributed by atoms with Crippen LogP contribution in [-0.2, 0) is 17.8 Å². The first-order valence-electron chi connectivity index (χ1n) is 10.4. The first-order chi connectivity index (χ1) is 14.7. The zero-order chi connectivity index (χ0) is 21.2. The standard InChI is InChI=1S/C23H30N4O3/c1-3-24-23(25-13-12-18-10-11-20-21(14-18)30-17-29-20)26-15-22(28)27(4-2)16-19-8-6-5-7-9-19/h5-11,14H,3-4,12-13,15-17H2,1-2H3,(H2,24,25,26). The van der Waals surface area contributed by atoms with E-state index in [4.69, 9.17) is 9.47 Å². The Hall–Kier alpha value is -3.22. The smallest absolute Gasteiger partial charge is 0.244 e. The number of guanidine groups is 1. The van der Waals surface area contributed by atoms with Crippen molar-refractivity contribution in [3.05, 3.63) is 59.7 Å². The van der Waals surface area contributed by atoms with Gasteiger partial charge in [0.1, 0.15) is 6.54 Å². The molecule has 160 valence electrons. The number of hydrogen-bond acceptors (Lipinski definition) is 4. The van der Waals surface area contributed by atoms with Gasteiger partial charge in [-0.15, -0.1) is 0 Å². The average Bonchev–Trinajstić information content (AvgIpc) is 3.24. The summed E-state index contributed by atoms with van der Waals surface area (Å²) in [4.78, 5) is 18.9. The van der Waals surface area contributed by atoms with E-state index >= 15 is 0 Å². The second-order valence-corrected chi connectivity index (χ2v) is 6.95. The summed E-state index contributed by atoms with van der Waals surface area (Å²) in [6, 6.07) is 16.0. The molecule has 2 N–H and O–H groups in total. The highest BCUT2D eigenvalue weighted by atomic mass is 16.7. The van der Waals surface area contributed by atoms with E-state index in [-0.39, 0.29) is 19.2 Å². The SMILES string of the molecule is CCNC(=NCC(=O)N(CC)Cc1ccccc1)NCCc1ccc2c(c1)OCO2. The third-order valence-corrected chi connectivity index (χ3v) is 4.81. The van der Waals surface area contributed by atoms with Crippen LogP contribution in [0.25, 0.3) is 0 Å². The molecule has 1 aliphatic rings. The lowest BCUT2D eigenvalue weighted by molar-refractivity contribution is -0.130. The van der Waals surface area contributed by atoms with Crippen molar-refractivity contribution < 1.29 is 14.3 Å². The maximum atomic E-state index is 12.6. The number of rotatable bonds is 9. The quantitative estimate of drug-likeness (QED) is 0.491. The first-order valence-corrected chi connectivity index (χ1v) is 10.4. The molecule has 1 aliphatic heterocycles. The number of hydrogen-bond donors (Lipinski definition) is 2. The van der Waals surface area contributed by atoms with Gasteiger partial charge in [-0.3, -0.25) is 4.79 Å². The molecule has 2 aromatic carbocycles. The van der Waals surface area contributed by atoms with Gasteiger partial charge >= 0.3 is 0 Å². The fourth-order valence-electron chi connectivity index (χ4n) is 3.19. The molecule has 3 rings (SSSR count). The molecule has 0 saturated carbocycles. The highest BCUT2D eigenvalue weighted by molar-refractivity contribution is 5.85. The van der Waals surface area contributed by atoms with Crippen molar-refractivity contribution in [2.45, 2.75) is 26.8 Å². The van der Waals surface area contributed by atoms with E-state index in [1.165, 1.54) is 0 Å². The van der Waals surface area contributed by atoms with Crippen molar-refractivity contribution in [1.29, 1.82) is 0 Å². The molecule has 30 heavy (non-hydrogen) atoms. The molecule has 0 unspecified atom stereocenters. The Morgan fingerprint density at radius 2 is 1.83 bits per heavy atom. The van der Waals surface area contributed by atoms with E-state index in [0.29, 0.717) is 25.6 Å². The maximum absolute atomic E-state index is 12.6. The minimum absolute atomic E-state index is 0.00864. The Labute approximate surface area is 178 Å². The van der Waals surface area contributed by atoms with Crippen LogP contribution in [0.2, 0.25) is 0 Å². The molecular formula is C23H30N4O3. The number of carbonyl (C=O) groups excluding carboxylic acids is 1. The van der Waals surface area contributed by atoms with E-state index in [2.05, 4.69) is 15.6 Å². The van der Waals surface area contributed by atoms with Crippen LogP contribution < -0.4 is 20.1 Å². The third kappa shape index (κ3) is 6.14. The van der Waals surface area contributed by atoms with Crippen LogP contribution in [-0.4, -0.2) is 49.7 Å². The van der Waals surface area contributed by atoms with Gasteiger partial charge in [0.25, 0.3) is 0 Å². The molecule has 1 heterocycles. The Morgan fingerprint density at radius 3 is 2.60 bits per heavy atom. The lowest BCUT2D eigenvalue weighted by atomic mass is 10.1. The second kappa shape index (κ2) is 11.1. The molecular weight excluding hydrogens is 380 g/mol. The minimum atomic E-state index is 0.00864. The summed E-state index contributed by atoms with van der Waals surface area (Å²) >= 11 is 0. The summed E-state index contributed by atoms with van der Waals surface area (Å²) < 4.78 is 10.8. The van der Waals surface area contributed by atoms with Crippen molar-refractivity contribution in [1.82, 2.24) is 15.5 Å². The zero-order valence-corrected chi connectivity index (χ0v) is 17.7. The largest absolute Gasteiger partial charge is 0.454 e. The molecule has 7 heteroatoms. The first kappa shape index (κ1) is 21.5. The minimum Gasteiger partial charge on any atom is -0.454 e. The normalized spacial score (nSPS) is 12.5. The van der Waals surface area contributed by atoms with Gasteiger partial charge < -0.3 is 25.0 Å². The number of fused-ring (bicyclic) bond motifs is 1. The Morgan fingerprint density at radius 1 is 1.03 bits per heavy atom. The van der Waals surface area contributed by atoms with E-state index in [0.717, 1.165) is 35.6 Å². The molecule has 0 fully saturated rings. The molecule has 0 radical (unpaired) electrons. The van der Waals surface area contributed by atoms with E-state index < -0.39 is 0 Å². The van der Waals surface area contributed by atoms with Gasteiger partial charge in [0.15, 0.2) is 17.5 Å². The maximum Gasteiger partial charge on any atom is 0.244 e. The van der Waals surface area contributed by atoms with Gasteiger partial charge in [-0.1, -0.05) is 36.4 Å².